The predicted octanol–water partition coefficient (Wildman–Crippen LogP) is 13.2. The van der Waals surface area contributed by atoms with Gasteiger partial charge in [-0.25, -0.2) is 0 Å². The quantitative estimate of drug-likeness (QED) is 0.188. The molecule has 0 radical (unpaired) electrons. The highest BCUT2D eigenvalue weighted by Gasteiger charge is 2.40. The second-order valence-corrected chi connectivity index (χ2v) is 14.9. The van der Waals surface area contributed by atoms with E-state index in [9.17, 15) is 0 Å². The fraction of sp³-hybridized carbons (Fsp3) is 0.125. The maximum Gasteiger partial charge on any atom is 0.0543 e. The number of para-hydroxylation sites is 1. The van der Waals surface area contributed by atoms with Crippen LogP contribution in [0, 0.1) is 0 Å². The van der Waals surface area contributed by atoms with E-state index >= 15 is 0 Å². The molecule has 234 valence electrons. The van der Waals surface area contributed by atoms with E-state index in [0.717, 1.165) is 5.69 Å². The average molecular weight is 628 g/mol. The fourth-order valence-corrected chi connectivity index (χ4v) is 9.21. The van der Waals surface area contributed by atoms with Gasteiger partial charge in [-0.3, -0.25) is 0 Å². The van der Waals surface area contributed by atoms with Gasteiger partial charge in [0.05, 0.1) is 11.4 Å². The van der Waals surface area contributed by atoms with E-state index < -0.39 is 0 Å². The highest BCUT2D eigenvalue weighted by Crippen LogP contribution is 2.58. The van der Waals surface area contributed by atoms with E-state index in [0.29, 0.717) is 0 Å². The van der Waals surface area contributed by atoms with Gasteiger partial charge in [0.15, 0.2) is 0 Å². The highest BCUT2D eigenvalue weighted by atomic mass is 15.1. The van der Waals surface area contributed by atoms with Gasteiger partial charge in [-0.15, -0.1) is 0 Å². The lowest BCUT2D eigenvalue weighted by Gasteiger charge is -2.32. The number of fused-ring (bicyclic) bond motifs is 12. The smallest absolute Gasteiger partial charge is 0.0543 e. The third-order valence-electron chi connectivity index (χ3n) is 11.6. The molecule has 0 aromatic heterocycles. The topological polar surface area (TPSA) is 3.24 Å². The van der Waals surface area contributed by atoms with E-state index in [1.807, 2.05) is 0 Å². The third kappa shape index (κ3) is 3.76. The van der Waals surface area contributed by atoms with Crippen molar-refractivity contribution in [2.24, 2.45) is 0 Å². The van der Waals surface area contributed by atoms with Gasteiger partial charge < -0.3 is 4.90 Å². The zero-order valence-corrected chi connectivity index (χ0v) is 28.4. The van der Waals surface area contributed by atoms with Crippen LogP contribution in [0.1, 0.15) is 49.9 Å². The summed E-state index contributed by atoms with van der Waals surface area (Å²) in [5.41, 5.74) is 14.3. The summed E-state index contributed by atoms with van der Waals surface area (Å²) < 4.78 is 0. The first-order chi connectivity index (χ1) is 23.9. The van der Waals surface area contributed by atoms with Crippen LogP contribution in [-0.4, -0.2) is 0 Å². The normalized spacial score (nSPS) is 14.9. The van der Waals surface area contributed by atoms with E-state index in [4.69, 9.17) is 0 Å². The van der Waals surface area contributed by atoms with Gasteiger partial charge in [0.1, 0.15) is 0 Å². The summed E-state index contributed by atoms with van der Waals surface area (Å²) in [6.45, 7) is 9.58. The van der Waals surface area contributed by atoms with Crippen molar-refractivity contribution < 1.29 is 0 Å². The van der Waals surface area contributed by atoms with Gasteiger partial charge >= 0.3 is 0 Å². The summed E-state index contributed by atoms with van der Waals surface area (Å²) in [4.78, 5) is 2.54. The molecule has 0 amide bonds. The molecule has 0 bridgehead atoms. The minimum absolute atomic E-state index is 0.127. The minimum Gasteiger partial charge on any atom is -0.309 e. The van der Waals surface area contributed by atoms with Crippen LogP contribution in [0.15, 0.2) is 152 Å². The molecule has 0 heterocycles. The zero-order valence-electron chi connectivity index (χ0n) is 28.4. The molecule has 0 unspecified atom stereocenters. The lowest BCUT2D eigenvalue weighted by Crippen LogP contribution is -2.18. The van der Waals surface area contributed by atoms with Crippen molar-refractivity contribution in [1.29, 1.82) is 0 Å². The maximum absolute atomic E-state index is 2.54. The first-order valence-electron chi connectivity index (χ1n) is 17.5. The molecule has 10 rings (SSSR count). The molecule has 2 aliphatic carbocycles. The number of hydrogen-bond donors (Lipinski definition) is 0. The Hall–Kier alpha value is -5.66. The first kappa shape index (κ1) is 28.4. The van der Waals surface area contributed by atoms with Crippen LogP contribution in [0.25, 0.3) is 54.6 Å². The van der Waals surface area contributed by atoms with Gasteiger partial charge in [0.2, 0.25) is 0 Å². The largest absolute Gasteiger partial charge is 0.309 e. The van der Waals surface area contributed by atoms with E-state index in [-0.39, 0.29) is 10.8 Å². The number of hydrogen-bond acceptors (Lipinski definition) is 1. The number of benzene rings is 8. The molecule has 0 spiro atoms. The summed E-state index contributed by atoms with van der Waals surface area (Å²) in [7, 11) is 0. The van der Waals surface area contributed by atoms with Crippen molar-refractivity contribution in [3.05, 3.63) is 174 Å². The minimum atomic E-state index is -0.167. The van der Waals surface area contributed by atoms with Crippen LogP contribution in [-0.2, 0) is 10.8 Å². The molecule has 0 fully saturated rings. The summed E-state index contributed by atoms with van der Waals surface area (Å²) in [6.07, 6.45) is 0. The van der Waals surface area contributed by atoms with E-state index in [1.54, 1.807) is 0 Å². The number of anilines is 3. The van der Waals surface area contributed by atoms with Crippen LogP contribution in [0.3, 0.4) is 0 Å². The Kier molecular flexibility index (Phi) is 5.75. The van der Waals surface area contributed by atoms with Gasteiger partial charge in [-0.2, -0.15) is 0 Å². The zero-order chi connectivity index (χ0) is 33.1. The Morgan fingerprint density at radius 3 is 1.55 bits per heavy atom. The number of rotatable bonds is 3. The summed E-state index contributed by atoms with van der Waals surface area (Å²) in [5.74, 6) is 0. The summed E-state index contributed by atoms with van der Waals surface area (Å²) in [5, 5.41) is 7.74. The predicted molar refractivity (Wildman–Crippen MR) is 209 cm³/mol. The van der Waals surface area contributed by atoms with Crippen molar-refractivity contribution in [2.75, 3.05) is 4.90 Å². The third-order valence-corrected chi connectivity index (χ3v) is 11.6. The molecule has 8 aromatic rings. The Labute approximate surface area is 288 Å². The lowest BCUT2D eigenvalue weighted by atomic mass is 9.81. The molecule has 0 N–H and O–H groups in total. The molecule has 0 atom stereocenters. The SMILES string of the molecule is CC1(C)c2ccccc2-c2c1cc(N(c1ccccc1)c1cc3c(c4ccccc14)-c1c(ccc4ccccc14)C3(C)C)c1ccccc21. The molecular weight excluding hydrogens is 591 g/mol. The summed E-state index contributed by atoms with van der Waals surface area (Å²) >= 11 is 0. The Morgan fingerprint density at radius 1 is 0.367 bits per heavy atom. The molecule has 2 aliphatic rings. The van der Waals surface area contributed by atoms with E-state index in [2.05, 4.69) is 184 Å². The second kappa shape index (κ2) is 9.94. The van der Waals surface area contributed by atoms with Crippen molar-refractivity contribution in [3.63, 3.8) is 0 Å². The first-order valence-corrected chi connectivity index (χ1v) is 17.5. The Morgan fingerprint density at radius 2 is 0.857 bits per heavy atom. The Balaban J connectivity index is 1.33. The van der Waals surface area contributed by atoms with Gasteiger partial charge in [0, 0.05) is 27.3 Å². The summed E-state index contributed by atoms with van der Waals surface area (Å²) in [6, 6.07) is 56.6. The maximum atomic E-state index is 2.54. The molecule has 0 saturated carbocycles. The molecule has 0 saturated heterocycles. The van der Waals surface area contributed by atoms with Crippen LogP contribution in [0.2, 0.25) is 0 Å². The molecule has 8 aromatic carbocycles. The second-order valence-electron chi connectivity index (χ2n) is 14.9. The van der Waals surface area contributed by atoms with Gasteiger partial charge in [-0.05, 0) is 90.3 Å². The average Bonchev–Trinajstić information content (AvgIpc) is 3.52. The van der Waals surface area contributed by atoms with Crippen molar-refractivity contribution in [3.8, 4) is 22.3 Å². The lowest BCUT2D eigenvalue weighted by molar-refractivity contribution is 0.660. The number of nitrogens with zero attached hydrogens (tertiary/aromatic N) is 1. The van der Waals surface area contributed by atoms with Gasteiger partial charge in [0.25, 0.3) is 0 Å². The van der Waals surface area contributed by atoms with Crippen molar-refractivity contribution in [2.45, 2.75) is 38.5 Å². The van der Waals surface area contributed by atoms with Crippen molar-refractivity contribution in [1.82, 2.24) is 0 Å². The Bertz CT molecular complexity index is 2660. The van der Waals surface area contributed by atoms with Crippen LogP contribution < -0.4 is 4.90 Å². The molecule has 49 heavy (non-hydrogen) atoms. The monoisotopic (exact) mass is 627 g/mol. The molecular formula is C48H37N. The molecule has 1 heteroatoms. The van der Waals surface area contributed by atoms with Crippen molar-refractivity contribution >= 4 is 49.4 Å². The van der Waals surface area contributed by atoms with Crippen LogP contribution in [0.5, 0.6) is 0 Å². The van der Waals surface area contributed by atoms with E-state index in [1.165, 1.54) is 88.2 Å². The van der Waals surface area contributed by atoms with Crippen LogP contribution >= 0.6 is 0 Å². The highest BCUT2D eigenvalue weighted by molar-refractivity contribution is 6.17. The standard InChI is InChI=1S/C48H37N/c1-47(2)38-25-15-14-24-37(38)44-35-22-12-10-20-33(35)42(28-40(44)47)49(31-17-6-5-7-18-31)43-29-41-46(36-23-13-11-21-34(36)43)45-32-19-9-8-16-30(32)26-27-39(45)48(41,3)4/h5-29H,1-4H3. The fourth-order valence-electron chi connectivity index (χ4n) is 9.21. The molecule has 1 nitrogen and oxygen atoms in total. The van der Waals surface area contributed by atoms with Crippen LogP contribution in [0.4, 0.5) is 17.1 Å². The molecule has 0 aliphatic heterocycles. The van der Waals surface area contributed by atoms with Gasteiger partial charge in [-0.1, -0.05) is 155 Å².